The van der Waals surface area contributed by atoms with Gasteiger partial charge in [-0.15, -0.1) is 0 Å². The first-order valence-corrected chi connectivity index (χ1v) is 12.4. The number of aromatic nitrogens is 1. The fraction of sp³-hybridized carbons (Fsp3) is 0.212. The molecule has 1 unspecified atom stereocenters. The van der Waals surface area contributed by atoms with E-state index >= 15 is 0 Å². The van der Waals surface area contributed by atoms with E-state index in [2.05, 4.69) is 117 Å². The van der Waals surface area contributed by atoms with Crippen LogP contribution < -0.4 is 0 Å². The summed E-state index contributed by atoms with van der Waals surface area (Å²) in [5, 5.41) is 1.30. The summed E-state index contributed by atoms with van der Waals surface area (Å²) in [6.45, 7) is 10.8. The third-order valence-corrected chi connectivity index (χ3v) is 7.15. The summed E-state index contributed by atoms with van der Waals surface area (Å²) < 4.78 is 2.40. The van der Waals surface area contributed by atoms with E-state index in [9.17, 15) is 0 Å². The summed E-state index contributed by atoms with van der Waals surface area (Å²) in [5.74, 6) is 0.467. The van der Waals surface area contributed by atoms with E-state index in [4.69, 9.17) is 0 Å². The Balaban J connectivity index is 1.72. The van der Waals surface area contributed by atoms with Crippen LogP contribution in [0.4, 0.5) is 0 Å². The largest absolute Gasteiger partial charge is 0.310 e. The molecule has 1 heteroatoms. The molecule has 1 atom stereocenters. The summed E-state index contributed by atoms with van der Waals surface area (Å²) >= 11 is 0. The molecule has 3 aromatic rings. The molecule has 170 valence electrons. The van der Waals surface area contributed by atoms with Gasteiger partial charge in [-0.1, -0.05) is 79.4 Å². The number of fused-ring (bicyclic) bond motifs is 1. The molecule has 0 fully saturated rings. The molecule has 1 nitrogen and oxygen atoms in total. The summed E-state index contributed by atoms with van der Waals surface area (Å²) in [6, 6.07) is 13.3. The van der Waals surface area contributed by atoms with Crippen molar-refractivity contribution in [2.75, 3.05) is 0 Å². The fourth-order valence-electron chi connectivity index (χ4n) is 5.48. The molecule has 1 aromatic heterocycles. The molecule has 0 saturated heterocycles. The Kier molecular flexibility index (Phi) is 6.11. The van der Waals surface area contributed by atoms with Crippen molar-refractivity contribution in [1.29, 1.82) is 0 Å². The van der Waals surface area contributed by atoms with Gasteiger partial charge in [0.05, 0.1) is 11.2 Å². The van der Waals surface area contributed by atoms with Gasteiger partial charge in [0.2, 0.25) is 0 Å². The van der Waals surface area contributed by atoms with Gasteiger partial charge in [-0.3, -0.25) is 0 Å². The van der Waals surface area contributed by atoms with Crippen molar-refractivity contribution in [2.24, 2.45) is 5.92 Å². The van der Waals surface area contributed by atoms with E-state index in [1.54, 1.807) is 0 Å². The first-order valence-electron chi connectivity index (χ1n) is 12.4. The highest BCUT2D eigenvalue weighted by molar-refractivity contribution is 6.07. The van der Waals surface area contributed by atoms with E-state index < -0.39 is 0 Å². The van der Waals surface area contributed by atoms with Crippen LogP contribution in [0.15, 0.2) is 91.1 Å². The first kappa shape index (κ1) is 22.2. The summed E-state index contributed by atoms with van der Waals surface area (Å²) in [5.41, 5.74) is 11.5. The van der Waals surface area contributed by atoms with Crippen molar-refractivity contribution < 1.29 is 0 Å². The minimum absolute atomic E-state index is 0.467. The van der Waals surface area contributed by atoms with Crippen molar-refractivity contribution in [3.05, 3.63) is 113 Å². The maximum atomic E-state index is 4.23. The van der Waals surface area contributed by atoms with Gasteiger partial charge in [0.25, 0.3) is 0 Å². The topological polar surface area (TPSA) is 4.93 Å². The van der Waals surface area contributed by atoms with E-state index in [-0.39, 0.29) is 0 Å². The molecule has 0 amide bonds. The molecule has 0 aliphatic heterocycles. The maximum absolute atomic E-state index is 4.23. The molecule has 2 aliphatic rings. The number of aryl methyl sites for hydroxylation is 2. The predicted molar refractivity (Wildman–Crippen MR) is 150 cm³/mol. The number of nitrogens with zero attached hydrogens (tertiary/aromatic N) is 1. The van der Waals surface area contributed by atoms with Crippen LogP contribution in [-0.2, 0) is 0 Å². The molecule has 0 saturated carbocycles. The van der Waals surface area contributed by atoms with Crippen LogP contribution in [0.5, 0.6) is 0 Å². The Morgan fingerprint density at radius 2 is 1.82 bits per heavy atom. The molecule has 0 radical (unpaired) electrons. The van der Waals surface area contributed by atoms with Crippen LogP contribution in [-0.4, -0.2) is 4.57 Å². The molecule has 0 bridgehead atoms. The van der Waals surface area contributed by atoms with E-state index in [0.29, 0.717) is 5.92 Å². The van der Waals surface area contributed by atoms with Crippen LogP contribution in [0.1, 0.15) is 48.6 Å². The molecule has 2 aliphatic carbocycles. The number of benzene rings is 2. The Bertz CT molecular complexity index is 1410. The zero-order valence-corrected chi connectivity index (χ0v) is 20.5. The second-order valence-electron chi connectivity index (χ2n) is 9.32. The fourth-order valence-corrected chi connectivity index (χ4v) is 5.48. The summed E-state index contributed by atoms with van der Waals surface area (Å²) in [6.07, 6.45) is 23.8. The predicted octanol–water partition coefficient (Wildman–Crippen LogP) is 9.29. The molecule has 2 aromatic carbocycles. The number of allylic oxidation sites excluding steroid dienone is 9. The second-order valence-corrected chi connectivity index (χ2v) is 9.32. The van der Waals surface area contributed by atoms with E-state index in [0.717, 1.165) is 25.0 Å². The van der Waals surface area contributed by atoms with E-state index in [1.165, 1.54) is 50.0 Å². The highest BCUT2D eigenvalue weighted by Gasteiger charge is 2.22. The van der Waals surface area contributed by atoms with Crippen molar-refractivity contribution in [1.82, 2.24) is 4.57 Å². The molecule has 1 heterocycles. The Morgan fingerprint density at radius 1 is 0.971 bits per heavy atom. The number of hydrogen-bond acceptors (Lipinski definition) is 0. The minimum atomic E-state index is 0.467. The highest BCUT2D eigenvalue weighted by atomic mass is 15.0. The van der Waals surface area contributed by atoms with Gasteiger partial charge in [-0.05, 0) is 86.1 Å². The first-order chi connectivity index (χ1) is 16.6. The van der Waals surface area contributed by atoms with Gasteiger partial charge in [-0.25, -0.2) is 0 Å². The van der Waals surface area contributed by atoms with Crippen LogP contribution in [0, 0.1) is 19.8 Å². The molecule has 0 spiro atoms. The monoisotopic (exact) mass is 443 g/mol. The third-order valence-electron chi connectivity index (χ3n) is 7.15. The Labute approximate surface area is 203 Å². The molecule has 0 N–H and O–H groups in total. The van der Waals surface area contributed by atoms with Gasteiger partial charge >= 0.3 is 0 Å². The SMILES string of the molecule is C=Cc1c(/C=C\C)c2c(-c3ccccc3C)c(C)ccc2n1C1=CCC(C2=CCCC=C2)C=C1. The number of rotatable bonds is 5. The van der Waals surface area contributed by atoms with Gasteiger partial charge in [-0.2, -0.15) is 0 Å². The Morgan fingerprint density at radius 3 is 2.50 bits per heavy atom. The Hall–Kier alpha value is -3.58. The van der Waals surface area contributed by atoms with Crippen molar-refractivity contribution in [2.45, 2.75) is 40.0 Å². The second kappa shape index (κ2) is 9.35. The summed E-state index contributed by atoms with van der Waals surface area (Å²) in [7, 11) is 0. The normalized spacial score (nSPS) is 17.9. The third kappa shape index (κ3) is 3.76. The standard InChI is InChI=1S/C33H33N/c1-5-12-29-30(6-2)34(27-20-18-26(19-21-27)25-14-8-7-9-15-25)31-22-17-24(4)32(33(29)31)28-16-11-10-13-23(28)3/h5-6,8,10-18,20-22,26H,2,7,9,19H2,1,3-4H3/b12-5-. The van der Waals surface area contributed by atoms with Gasteiger partial charge in [0.15, 0.2) is 0 Å². The van der Waals surface area contributed by atoms with Gasteiger partial charge < -0.3 is 4.57 Å². The molecular formula is C33H33N. The van der Waals surface area contributed by atoms with Crippen LogP contribution in [0.3, 0.4) is 0 Å². The van der Waals surface area contributed by atoms with Crippen LogP contribution in [0.25, 0.3) is 39.9 Å². The molecule has 5 rings (SSSR count). The lowest BCUT2D eigenvalue weighted by Gasteiger charge is -2.21. The zero-order valence-electron chi connectivity index (χ0n) is 20.5. The zero-order chi connectivity index (χ0) is 23.7. The minimum Gasteiger partial charge on any atom is -0.310 e. The molecule has 34 heavy (non-hydrogen) atoms. The van der Waals surface area contributed by atoms with Crippen molar-refractivity contribution in [3.63, 3.8) is 0 Å². The molecular weight excluding hydrogens is 410 g/mol. The van der Waals surface area contributed by atoms with Crippen molar-refractivity contribution in [3.8, 4) is 11.1 Å². The lowest BCUT2D eigenvalue weighted by atomic mass is 9.88. The smallest absolute Gasteiger partial charge is 0.0547 e. The summed E-state index contributed by atoms with van der Waals surface area (Å²) in [4.78, 5) is 0. The number of hydrogen-bond donors (Lipinski definition) is 0. The average Bonchev–Trinajstić information content (AvgIpc) is 3.19. The van der Waals surface area contributed by atoms with Crippen LogP contribution in [0.2, 0.25) is 0 Å². The maximum Gasteiger partial charge on any atom is 0.0547 e. The van der Waals surface area contributed by atoms with E-state index in [1.807, 2.05) is 6.08 Å². The average molecular weight is 444 g/mol. The highest BCUT2D eigenvalue weighted by Crippen LogP contribution is 2.42. The lowest BCUT2D eigenvalue weighted by molar-refractivity contribution is 0.768. The van der Waals surface area contributed by atoms with Crippen molar-refractivity contribution >= 4 is 28.8 Å². The quantitative estimate of drug-likeness (QED) is 0.370. The van der Waals surface area contributed by atoms with Crippen LogP contribution >= 0.6 is 0 Å². The van der Waals surface area contributed by atoms with Gasteiger partial charge in [0, 0.05) is 22.6 Å². The van der Waals surface area contributed by atoms with Gasteiger partial charge in [0.1, 0.15) is 0 Å². The lowest BCUT2D eigenvalue weighted by Crippen LogP contribution is -2.07.